The van der Waals surface area contributed by atoms with Gasteiger partial charge in [-0.1, -0.05) is 29.8 Å². The molecule has 0 aliphatic heterocycles. The average Bonchev–Trinajstić information content (AvgIpc) is 2.39. The molecule has 0 aliphatic rings. The van der Waals surface area contributed by atoms with E-state index in [1.165, 1.54) is 12.1 Å². The molecule has 5 heteroatoms. The summed E-state index contributed by atoms with van der Waals surface area (Å²) in [5, 5.41) is 3.02. The van der Waals surface area contributed by atoms with Crippen molar-refractivity contribution in [2.24, 2.45) is 0 Å². The highest BCUT2D eigenvalue weighted by molar-refractivity contribution is 6.29. The van der Waals surface area contributed by atoms with Crippen molar-refractivity contribution in [3.63, 3.8) is 0 Å². The van der Waals surface area contributed by atoms with E-state index in [-0.39, 0.29) is 16.9 Å². The van der Waals surface area contributed by atoms with Gasteiger partial charge in [-0.2, -0.15) is 0 Å². The fraction of sp³-hybridized carbons (Fsp3) is 0.200. The van der Waals surface area contributed by atoms with E-state index in [1.54, 1.807) is 31.2 Å². The van der Waals surface area contributed by atoms with Gasteiger partial charge < -0.3 is 5.32 Å². The van der Waals surface area contributed by atoms with Crippen molar-refractivity contribution in [2.45, 2.75) is 13.3 Å². The topological polar surface area (TPSA) is 42.0 Å². The molecule has 0 unspecified atom stereocenters. The van der Waals surface area contributed by atoms with Crippen LogP contribution in [0.25, 0.3) is 0 Å². The maximum absolute atomic E-state index is 13.4. The van der Waals surface area contributed by atoms with Crippen LogP contribution in [0.15, 0.2) is 36.4 Å². The monoisotopic (exact) mass is 292 g/mol. The largest absolute Gasteiger partial charge is 0.352 e. The molecule has 104 valence electrons. The Balaban J connectivity index is 1.94. The van der Waals surface area contributed by atoms with Crippen molar-refractivity contribution >= 4 is 17.5 Å². The first-order chi connectivity index (χ1) is 9.56. The van der Waals surface area contributed by atoms with Crippen LogP contribution >= 0.6 is 11.6 Å². The van der Waals surface area contributed by atoms with E-state index < -0.39 is 0 Å². The zero-order chi connectivity index (χ0) is 14.5. The molecule has 0 spiro atoms. The second kappa shape index (κ2) is 6.48. The Labute approximate surface area is 121 Å². The molecule has 20 heavy (non-hydrogen) atoms. The number of carbonyl (C=O) groups is 1. The molecular formula is C15H14ClFN2O. The highest BCUT2D eigenvalue weighted by atomic mass is 35.5. The van der Waals surface area contributed by atoms with Gasteiger partial charge >= 0.3 is 0 Å². The van der Waals surface area contributed by atoms with E-state index in [0.717, 1.165) is 0 Å². The molecule has 1 N–H and O–H groups in total. The highest BCUT2D eigenvalue weighted by Crippen LogP contribution is 2.10. The third kappa shape index (κ3) is 3.78. The highest BCUT2D eigenvalue weighted by Gasteiger charge is 2.08. The molecule has 2 rings (SSSR count). The predicted molar refractivity (Wildman–Crippen MR) is 76.4 cm³/mol. The van der Waals surface area contributed by atoms with Gasteiger partial charge in [0.15, 0.2) is 0 Å². The molecule has 0 saturated carbocycles. The molecule has 1 amide bonds. The molecule has 1 aromatic carbocycles. The van der Waals surface area contributed by atoms with Crippen molar-refractivity contribution in [2.75, 3.05) is 6.54 Å². The molecule has 0 fully saturated rings. The zero-order valence-electron chi connectivity index (χ0n) is 11.0. The Bertz CT molecular complexity index is 611. The summed E-state index contributed by atoms with van der Waals surface area (Å²) in [7, 11) is 0. The molecule has 0 radical (unpaired) electrons. The number of rotatable bonds is 4. The quantitative estimate of drug-likeness (QED) is 0.880. The number of carbonyl (C=O) groups excluding carboxylic acids is 1. The number of hydrogen-bond acceptors (Lipinski definition) is 2. The van der Waals surface area contributed by atoms with Crippen LogP contribution in [0.1, 0.15) is 21.6 Å². The van der Waals surface area contributed by atoms with E-state index in [2.05, 4.69) is 10.3 Å². The van der Waals surface area contributed by atoms with Crippen molar-refractivity contribution < 1.29 is 9.18 Å². The summed E-state index contributed by atoms with van der Waals surface area (Å²) in [6, 6.07) is 9.68. The second-order valence-corrected chi connectivity index (χ2v) is 4.80. The van der Waals surface area contributed by atoms with Crippen molar-refractivity contribution in [3.8, 4) is 0 Å². The number of nitrogens with one attached hydrogen (secondary N) is 1. The average molecular weight is 293 g/mol. The summed E-state index contributed by atoms with van der Waals surface area (Å²) in [5.41, 5.74) is 1.71. The Kier molecular flexibility index (Phi) is 4.69. The van der Waals surface area contributed by atoms with Gasteiger partial charge in [0.2, 0.25) is 0 Å². The summed E-state index contributed by atoms with van der Waals surface area (Å²) >= 11 is 5.80. The lowest BCUT2D eigenvalue weighted by Crippen LogP contribution is -2.26. The Morgan fingerprint density at radius 2 is 2.10 bits per heavy atom. The molecule has 2 aromatic rings. The Morgan fingerprint density at radius 1 is 1.35 bits per heavy atom. The van der Waals surface area contributed by atoms with Crippen LogP contribution in [0.4, 0.5) is 4.39 Å². The smallest absolute Gasteiger partial charge is 0.251 e. The summed E-state index contributed by atoms with van der Waals surface area (Å²) in [4.78, 5) is 15.9. The minimum Gasteiger partial charge on any atom is -0.352 e. The number of pyridine rings is 1. The fourth-order valence-electron chi connectivity index (χ4n) is 1.87. The molecule has 1 aromatic heterocycles. The molecule has 0 atom stereocenters. The number of amides is 1. The van der Waals surface area contributed by atoms with Gasteiger partial charge in [-0.25, -0.2) is 9.37 Å². The van der Waals surface area contributed by atoms with Gasteiger partial charge in [0.05, 0.1) is 0 Å². The Hall–Kier alpha value is -1.94. The van der Waals surface area contributed by atoms with Gasteiger partial charge in [-0.05, 0) is 37.1 Å². The van der Waals surface area contributed by atoms with Crippen LogP contribution in [0.3, 0.4) is 0 Å². The zero-order valence-corrected chi connectivity index (χ0v) is 11.7. The van der Waals surface area contributed by atoms with Gasteiger partial charge in [-0.15, -0.1) is 0 Å². The first kappa shape index (κ1) is 14.5. The van der Waals surface area contributed by atoms with E-state index in [9.17, 15) is 9.18 Å². The number of hydrogen-bond donors (Lipinski definition) is 1. The lowest BCUT2D eigenvalue weighted by atomic mass is 10.1. The lowest BCUT2D eigenvalue weighted by molar-refractivity contribution is 0.0954. The molecule has 0 bridgehead atoms. The first-order valence-corrected chi connectivity index (χ1v) is 6.60. The number of benzene rings is 1. The van der Waals surface area contributed by atoms with Crippen LogP contribution in [-0.2, 0) is 6.42 Å². The molecule has 1 heterocycles. The summed E-state index contributed by atoms with van der Waals surface area (Å²) < 4.78 is 13.4. The standard InChI is InChI=1S/C15H14ClFN2O/c1-10-8-12(9-14(16)19-10)15(20)18-7-6-11-4-2-3-5-13(11)17/h2-5,8-9H,6-7H2,1H3,(H,18,20). The van der Waals surface area contributed by atoms with E-state index >= 15 is 0 Å². The third-order valence-electron chi connectivity index (χ3n) is 2.82. The summed E-state index contributed by atoms with van der Waals surface area (Å²) in [5.74, 6) is -0.502. The summed E-state index contributed by atoms with van der Waals surface area (Å²) in [6.07, 6.45) is 0.441. The minimum absolute atomic E-state index is 0.242. The van der Waals surface area contributed by atoms with E-state index in [1.807, 2.05) is 0 Å². The van der Waals surface area contributed by atoms with Crippen LogP contribution in [0, 0.1) is 12.7 Å². The lowest BCUT2D eigenvalue weighted by Gasteiger charge is -2.07. The third-order valence-corrected chi connectivity index (χ3v) is 3.02. The van der Waals surface area contributed by atoms with Crippen LogP contribution in [0.5, 0.6) is 0 Å². The first-order valence-electron chi connectivity index (χ1n) is 6.22. The summed E-state index contributed by atoms with van der Waals surface area (Å²) in [6.45, 7) is 2.13. The molecular weight excluding hydrogens is 279 g/mol. The molecule has 0 saturated heterocycles. The maximum Gasteiger partial charge on any atom is 0.251 e. The van der Waals surface area contributed by atoms with E-state index in [4.69, 9.17) is 11.6 Å². The van der Waals surface area contributed by atoms with Gasteiger partial charge in [0.25, 0.3) is 5.91 Å². The normalized spacial score (nSPS) is 10.3. The maximum atomic E-state index is 13.4. The number of aromatic nitrogens is 1. The van der Waals surface area contributed by atoms with Crippen LogP contribution in [0.2, 0.25) is 5.15 Å². The number of nitrogens with zero attached hydrogens (tertiary/aromatic N) is 1. The van der Waals surface area contributed by atoms with Crippen molar-refractivity contribution in [1.29, 1.82) is 0 Å². The number of halogens is 2. The van der Waals surface area contributed by atoms with Crippen LogP contribution < -0.4 is 5.32 Å². The minimum atomic E-state index is -0.260. The molecule has 3 nitrogen and oxygen atoms in total. The van der Waals surface area contributed by atoms with Gasteiger partial charge in [-0.3, -0.25) is 4.79 Å². The molecule has 0 aliphatic carbocycles. The second-order valence-electron chi connectivity index (χ2n) is 4.42. The van der Waals surface area contributed by atoms with E-state index in [0.29, 0.717) is 29.8 Å². The van der Waals surface area contributed by atoms with Crippen molar-refractivity contribution in [3.05, 3.63) is 64.2 Å². The van der Waals surface area contributed by atoms with Gasteiger partial charge in [0, 0.05) is 17.8 Å². The van der Waals surface area contributed by atoms with Gasteiger partial charge in [0.1, 0.15) is 11.0 Å². The van der Waals surface area contributed by atoms with Crippen LogP contribution in [-0.4, -0.2) is 17.4 Å². The predicted octanol–water partition coefficient (Wildman–Crippen LogP) is 3.16. The SMILES string of the molecule is Cc1cc(C(=O)NCCc2ccccc2F)cc(Cl)n1. The van der Waals surface area contributed by atoms with Crippen molar-refractivity contribution in [1.82, 2.24) is 10.3 Å². The fourth-order valence-corrected chi connectivity index (χ4v) is 2.12. The number of aryl methyl sites for hydroxylation is 1. The Morgan fingerprint density at radius 3 is 2.80 bits per heavy atom.